The summed E-state index contributed by atoms with van der Waals surface area (Å²) in [6.45, 7) is 3.57. The van der Waals surface area contributed by atoms with E-state index in [9.17, 15) is 9.59 Å². The van der Waals surface area contributed by atoms with Gasteiger partial charge in [0.25, 0.3) is 5.91 Å². The summed E-state index contributed by atoms with van der Waals surface area (Å²) < 4.78 is 18.1. The van der Waals surface area contributed by atoms with Crippen LogP contribution in [0.25, 0.3) is 11.1 Å². The highest BCUT2D eigenvalue weighted by atomic mass is 35.5. The maximum absolute atomic E-state index is 13.7. The molecule has 6 rings (SSSR count). The van der Waals surface area contributed by atoms with Crippen LogP contribution in [0.5, 0.6) is 17.2 Å². The van der Waals surface area contributed by atoms with Crippen LogP contribution in [-0.4, -0.2) is 79.7 Å². The van der Waals surface area contributed by atoms with Crippen LogP contribution >= 0.6 is 23.2 Å². The molecular weight excluding hydrogens is 655 g/mol. The molecule has 2 N–H and O–H groups in total. The molecule has 0 radical (unpaired) electrons. The molecular formula is C35H38Cl2N6O5. The molecule has 0 saturated carbocycles. The highest BCUT2D eigenvalue weighted by Gasteiger charge is 2.50. The second-order valence-corrected chi connectivity index (χ2v) is 12.6. The molecule has 2 saturated heterocycles. The van der Waals surface area contributed by atoms with Gasteiger partial charge in [0.05, 0.1) is 38.0 Å². The van der Waals surface area contributed by atoms with E-state index in [1.54, 1.807) is 28.9 Å². The molecule has 3 aromatic carbocycles. The fourth-order valence-corrected chi connectivity index (χ4v) is 6.86. The standard InChI is InChI=1S/C35H38Cl2N6O5/c1-46-29-19-24(20-30(47-2)32(29)48-3)39-33(44)31-26(23-10-11-27(36)28(37)18-23)21-42(40-31)15-7-14-41-16-12-35(13-17-41)34(45)38-22-43(35)25-8-5-4-6-9-25/h4-6,8-11,18-21H,7,12-17,22H2,1-3H3,(H,38,45)(H,39,44). The predicted molar refractivity (Wildman–Crippen MR) is 187 cm³/mol. The predicted octanol–water partition coefficient (Wildman–Crippen LogP) is 5.95. The van der Waals surface area contributed by atoms with Crippen LogP contribution in [0.15, 0.2) is 66.9 Å². The third-order valence-electron chi connectivity index (χ3n) is 9.08. The highest BCUT2D eigenvalue weighted by Crippen LogP contribution is 2.40. The number of ether oxygens (including phenoxy) is 3. The second-order valence-electron chi connectivity index (χ2n) is 11.8. The molecule has 2 amide bonds. The van der Waals surface area contributed by atoms with Crippen molar-refractivity contribution in [1.29, 1.82) is 0 Å². The number of rotatable bonds is 11. The average molecular weight is 694 g/mol. The summed E-state index contributed by atoms with van der Waals surface area (Å²) >= 11 is 12.6. The average Bonchev–Trinajstić information content (AvgIpc) is 3.67. The van der Waals surface area contributed by atoms with Gasteiger partial charge in [0.2, 0.25) is 11.7 Å². The summed E-state index contributed by atoms with van der Waals surface area (Å²) in [4.78, 5) is 31.4. The maximum Gasteiger partial charge on any atom is 0.276 e. The van der Waals surface area contributed by atoms with Crippen LogP contribution in [-0.2, 0) is 11.3 Å². The number of nitrogens with one attached hydrogen (secondary N) is 2. The first-order valence-electron chi connectivity index (χ1n) is 15.7. The summed E-state index contributed by atoms with van der Waals surface area (Å²) in [6.07, 6.45) is 4.16. The molecule has 252 valence electrons. The molecule has 3 heterocycles. The molecule has 1 aromatic heterocycles. The zero-order valence-corrected chi connectivity index (χ0v) is 28.6. The molecule has 1 spiro atoms. The number of para-hydroxylation sites is 1. The molecule has 11 nitrogen and oxygen atoms in total. The normalized spacial score (nSPS) is 15.8. The Bertz CT molecular complexity index is 1770. The van der Waals surface area contributed by atoms with Crippen LogP contribution in [0.2, 0.25) is 10.0 Å². The zero-order valence-electron chi connectivity index (χ0n) is 27.1. The Labute approximate surface area is 289 Å². The van der Waals surface area contributed by atoms with Gasteiger partial charge in [0.1, 0.15) is 5.54 Å². The van der Waals surface area contributed by atoms with Gasteiger partial charge in [-0.25, -0.2) is 0 Å². The van der Waals surface area contributed by atoms with Crippen molar-refractivity contribution in [2.24, 2.45) is 0 Å². The lowest BCUT2D eigenvalue weighted by molar-refractivity contribution is -0.125. The lowest BCUT2D eigenvalue weighted by Crippen LogP contribution is -2.56. The van der Waals surface area contributed by atoms with E-state index < -0.39 is 11.4 Å². The number of carbonyl (C=O) groups excluding carboxylic acids is 2. The Balaban J connectivity index is 1.16. The van der Waals surface area contributed by atoms with E-state index in [1.807, 2.05) is 30.5 Å². The molecule has 0 bridgehead atoms. The van der Waals surface area contributed by atoms with Gasteiger partial charge in [0, 0.05) is 54.9 Å². The van der Waals surface area contributed by atoms with Gasteiger partial charge in [-0.3, -0.25) is 14.3 Å². The van der Waals surface area contributed by atoms with E-state index in [0.29, 0.717) is 57.3 Å². The Morgan fingerprint density at radius 2 is 1.65 bits per heavy atom. The van der Waals surface area contributed by atoms with Crippen molar-refractivity contribution < 1.29 is 23.8 Å². The highest BCUT2D eigenvalue weighted by molar-refractivity contribution is 6.42. The summed E-state index contributed by atoms with van der Waals surface area (Å²) in [5, 5.41) is 11.5. The second kappa shape index (κ2) is 14.3. The number of halogens is 2. The number of carbonyl (C=O) groups is 2. The van der Waals surface area contributed by atoms with E-state index in [1.165, 1.54) is 21.3 Å². The monoisotopic (exact) mass is 692 g/mol. The van der Waals surface area contributed by atoms with Gasteiger partial charge in [-0.1, -0.05) is 47.5 Å². The van der Waals surface area contributed by atoms with Crippen molar-refractivity contribution in [1.82, 2.24) is 20.0 Å². The molecule has 2 aliphatic rings. The number of piperidine rings is 1. The number of likely N-dealkylation sites (tertiary alicyclic amines) is 1. The van der Waals surface area contributed by atoms with Crippen LogP contribution < -0.4 is 29.7 Å². The molecule has 2 fully saturated rings. The van der Waals surface area contributed by atoms with Crippen molar-refractivity contribution >= 4 is 46.4 Å². The molecule has 0 unspecified atom stereocenters. The quantitative estimate of drug-likeness (QED) is 0.198. The van der Waals surface area contributed by atoms with Crippen molar-refractivity contribution in [2.75, 3.05) is 57.8 Å². The summed E-state index contributed by atoms with van der Waals surface area (Å²) in [7, 11) is 4.55. The van der Waals surface area contributed by atoms with Crippen LogP contribution in [0.1, 0.15) is 29.8 Å². The Kier molecular flexibility index (Phi) is 10.00. The van der Waals surface area contributed by atoms with E-state index >= 15 is 0 Å². The van der Waals surface area contributed by atoms with Gasteiger partial charge in [-0.15, -0.1) is 0 Å². The molecule has 0 aliphatic carbocycles. The van der Waals surface area contributed by atoms with Crippen molar-refractivity contribution in [3.05, 3.63) is 82.6 Å². The minimum Gasteiger partial charge on any atom is -0.493 e. The number of hydrogen-bond acceptors (Lipinski definition) is 8. The fourth-order valence-electron chi connectivity index (χ4n) is 6.56. The fraction of sp³-hybridized carbons (Fsp3) is 0.343. The Hall–Kier alpha value is -4.45. The Morgan fingerprint density at radius 3 is 2.29 bits per heavy atom. The zero-order chi connectivity index (χ0) is 33.8. The Morgan fingerprint density at radius 1 is 0.938 bits per heavy atom. The third-order valence-corrected chi connectivity index (χ3v) is 9.82. The minimum absolute atomic E-state index is 0.106. The lowest BCUT2D eigenvalue weighted by atomic mass is 9.85. The van der Waals surface area contributed by atoms with E-state index in [4.69, 9.17) is 42.5 Å². The number of aromatic nitrogens is 2. The number of aryl methyl sites for hydroxylation is 1. The van der Waals surface area contributed by atoms with Gasteiger partial charge >= 0.3 is 0 Å². The number of benzene rings is 3. The summed E-state index contributed by atoms with van der Waals surface area (Å²) in [6, 6.07) is 18.7. The van der Waals surface area contributed by atoms with Crippen molar-refractivity contribution in [3.8, 4) is 28.4 Å². The number of nitrogens with zero attached hydrogens (tertiary/aromatic N) is 4. The number of methoxy groups -OCH3 is 3. The number of anilines is 2. The van der Waals surface area contributed by atoms with Crippen LogP contribution in [0.3, 0.4) is 0 Å². The maximum atomic E-state index is 13.7. The first-order valence-corrected chi connectivity index (χ1v) is 16.5. The summed E-state index contributed by atoms with van der Waals surface area (Å²) in [5.41, 5.74) is 2.56. The largest absolute Gasteiger partial charge is 0.493 e. The van der Waals surface area contributed by atoms with Crippen molar-refractivity contribution in [2.45, 2.75) is 31.3 Å². The van der Waals surface area contributed by atoms with Crippen molar-refractivity contribution in [3.63, 3.8) is 0 Å². The number of hydrogen-bond donors (Lipinski definition) is 2. The first-order chi connectivity index (χ1) is 23.3. The SMILES string of the molecule is COc1cc(NC(=O)c2nn(CCCN3CCC4(CC3)C(=O)NCN4c3ccccc3)cc2-c2ccc(Cl)c(Cl)c2)cc(OC)c1OC. The van der Waals surface area contributed by atoms with Gasteiger partial charge in [-0.2, -0.15) is 5.10 Å². The first kappa shape index (κ1) is 33.5. The lowest BCUT2D eigenvalue weighted by Gasteiger charge is -2.43. The van der Waals surface area contributed by atoms with Gasteiger partial charge < -0.3 is 34.6 Å². The van der Waals surface area contributed by atoms with Crippen LogP contribution in [0.4, 0.5) is 11.4 Å². The molecule has 13 heteroatoms. The molecule has 4 aromatic rings. The molecule has 0 atom stereocenters. The van der Waals surface area contributed by atoms with E-state index in [-0.39, 0.29) is 11.6 Å². The third kappa shape index (κ3) is 6.63. The van der Waals surface area contributed by atoms with Crippen LogP contribution in [0, 0.1) is 0 Å². The van der Waals surface area contributed by atoms with Gasteiger partial charge in [-0.05, 0) is 55.6 Å². The van der Waals surface area contributed by atoms with E-state index in [2.05, 4.69) is 32.6 Å². The smallest absolute Gasteiger partial charge is 0.276 e. The molecule has 48 heavy (non-hydrogen) atoms. The molecule has 2 aliphatic heterocycles. The topological polar surface area (TPSA) is 110 Å². The minimum atomic E-state index is -0.519. The summed E-state index contributed by atoms with van der Waals surface area (Å²) in [5.74, 6) is 0.931. The van der Waals surface area contributed by atoms with E-state index in [0.717, 1.165) is 44.6 Å². The van der Waals surface area contributed by atoms with Gasteiger partial charge in [0.15, 0.2) is 17.2 Å². The number of amides is 2.